The van der Waals surface area contributed by atoms with Gasteiger partial charge in [-0.15, -0.1) is 0 Å². The molecule has 0 aliphatic heterocycles. The van der Waals surface area contributed by atoms with E-state index in [-0.39, 0.29) is 34.0 Å². The molecule has 12 heteroatoms. The number of hydrogen-bond acceptors (Lipinski definition) is 7. The second kappa shape index (κ2) is 9.01. The molecule has 0 bridgehead atoms. The number of hydrogen-bond donors (Lipinski definition) is 1. The first-order chi connectivity index (χ1) is 17.9. The van der Waals surface area contributed by atoms with E-state index in [4.69, 9.17) is 9.97 Å². The molecule has 0 amide bonds. The van der Waals surface area contributed by atoms with Crippen molar-refractivity contribution < 1.29 is 13.2 Å². The number of fused-ring (bicyclic) bond motifs is 1. The highest BCUT2D eigenvalue weighted by Gasteiger charge is 2.38. The third-order valence-corrected chi connectivity index (χ3v) is 7.01. The molecule has 3 unspecified atom stereocenters. The molecule has 4 aromatic rings. The quantitative estimate of drug-likeness (QED) is 0.409. The Hall–Kier alpha value is -4.14. The first-order valence-corrected chi connectivity index (χ1v) is 12.2. The second-order valence-corrected chi connectivity index (χ2v) is 10.5. The third-order valence-electron chi connectivity index (χ3n) is 7.01. The number of aromatic nitrogens is 7. The fourth-order valence-electron chi connectivity index (χ4n) is 4.65. The van der Waals surface area contributed by atoms with E-state index in [0.29, 0.717) is 17.2 Å². The average Bonchev–Trinajstić information content (AvgIpc) is 3.21. The molecule has 5 rings (SSSR count). The lowest BCUT2D eigenvalue weighted by atomic mass is 9.72. The van der Waals surface area contributed by atoms with Crippen molar-refractivity contribution >= 4 is 11.0 Å². The van der Waals surface area contributed by atoms with Crippen LogP contribution in [0.1, 0.15) is 92.7 Å². The highest BCUT2D eigenvalue weighted by Crippen LogP contribution is 2.47. The van der Waals surface area contributed by atoms with Crippen molar-refractivity contribution in [1.82, 2.24) is 34.7 Å². The summed E-state index contributed by atoms with van der Waals surface area (Å²) < 4.78 is 40.3. The van der Waals surface area contributed by atoms with Crippen LogP contribution in [0.2, 0.25) is 0 Å². The summed E-state index contributed by atoms with van der Waals surface area (Å²) >= 11 is 0. The van der Waals surface area contributed by atoms with Gasteiger partial charge < -0.3 is 4.98 Å². The monoisotopic (exact) mass is 522 g/mol. The Kier molecular flexibility index (Phi) is 6.04. The van der Waals surface area contributed by atoms with Crippen molar-refractivity contribution in [2.75, 3.05) is 0 Å². The Bertz CT molecular complexity index is 1610. The number of H-pyrrole nitrogens is 1. The number of nitrogens with zero attached hydrogens (tertiary/aromatic N) is 7. The van der Waals surface area contributed by atoms with Crippen LogP contribution in [0.5, 0.6) is 0 Å². The van der Waals surface area contributed by atoms with E-state index in [1.165, 1.54) is 10.7 Å². The zero-order chi connectivity index (χ0) is 27.4. The van der Waals surface area contributed by atoms with Crippen molar-refractivity contribution in [2.45, 2.75) is 70.0 Å². The molecular weight excluding hydrogens is 497 g/mol. The SMILES string of the molecule is CC(c1ccc(C(F)(F)F)nc1)n1nc(C#N)c2c(=O)[nH]c(C3CCC3c3nccc(C(C)(C)C)n3)nc21. The molecule has 4 heterocycles. The van der Waals surface area contributed by atoms with Crippen LogP contribution in [0.15, 0.2) is 35.4 Å². The number of aromatic amines is 1. The number of nitrogens with one attached hydrogen (secondary N) is 1. The lowest BCUT2D eigenvalue weighted by Crippen LogP contribution is -2.29. The Morgan fingerprint density at radius 3 is 2.39 bits per heavy atom. The molecule has 196 valence electrons. The molecule has 38 heavy (non-hydrogen) atoms. The normalized spacial score (nSPS) is 18.7. The Balaban J connectivity index is 1.55. The summed E-state index contributed by atoms with van der Waals surface area (Å²) in [5, 5.41) is 13.9. The number of nitriles is 1. The molecule has 0 saturated heterocycles. The molecule has 4 aromatic heterocycles. The van der Waals surface area contributed by atoms with Gasteiger partial charge in [-0.2, -0.15) is 23.5 Å². The molecule has 3 atom stereocenters. The zero-order valence-electron chi connectivity index (χ0n) is 21.2. The summed E-state index contributed by atoms with van der Waals surface area (Å²) in [5.41, 5.74) is -0.250. The Labute approximate surface area is 215 Å². The number of halogens is 3. The minimum atomic E-state index is -4.56. The van der Waals surface area contributed by atoms with E-state index >= 15 is 0 Å². The van der Waals surface area contributed by atoms with Crippen LogP contribution in [0.25, 0.3) is 11.0 Å². The number of pyridine rings is 1. The van der Waals surface area contributed by atoms with Gasteiger partial charge in [0.15, 0.2) is 11.3 Å². The maximum atomic E-state index is 13.1. The summed E-state index contributed by atoms with van der Waals surface area (Å²) in [6.07, 6.45) is -0.113. The molecule has 0 radical (unpaired) electrons. The highest BCUT2D eigenvalue weighted by atomic mass is 19.4. The van der Waals surface area contributed by atoms with Crippen LogP contribution in [0.3, 0.4) is 0 Å². The number of alkyl halides is 3. The van der Waals surface area contributed by atoms with Gasteiger partial charge in [-0.1, -0.05) is 26.8 Å². The molecule has 0 aromatic carbocycles. The highest BCUT2D eigenvalue weighted by molar-refractivity contribution is 5.80. The van der Waals surface area contributed by atoms with Crippen LogP contribution in [-0.2, 0) is 11.6 Å². The minimum Gasteiger partial charge on any atom is -0.310 e. The van der Waals surface area contributed by atoms with Gasteiger partial charge in [0.2, 0.25) is 0 Å². The van der Waals surface area contributed by atoms with Gasteiger partial charge >= 0.3 is 6.18 Å². The molecule has 1 fully saturated rings. The molecule has 1 aliphatic rings. The maximum absolute atomic E-state index is 13.1. The van der Waals surface area contributed by atoms with E-state index < -0.39 is 23.5 Å². The van der Waals surface area contributed by atoms with Crippen molar-refractivity contribution in [1.29, 1.82) is 5.26 Å². The summed E-state index contributed by atoms with van der Waals surface area (Å²) in [7, 11) is 0. The number of rotatable bonds is 4. The topological polar surface area (TPSA) is 126 Å². The van der Waals surface area contributed by atoms with Crippen LogP contribution >= 0.6 is 0 Å². The molecule has 1 N–H and O–H groups in total. The standard InChI is InChI=1S/C26H25F3N8O/c1-13(14-5-8-19(32-12-14)26(27,28)29)37-23-20(17(11-30)36-37)24(38)35-22(34-23)16-7-6-15(16)21-31-10-9-18(33-21)25(2,3)4/h5,8-10,12-13,15-16H,6-7H2,1-4H3,(H,34,35,38). The molecular formula is C26H25F3N8O. The van der Waals surface area contributed by atoms with Crippen LogP contribution in [0.4, 0.5) is 13.2 Å². The van der Waals surface area contributed by atoms with E-state index in [1.807, 2.05) is 12.1 Å². The van der Waals surface area contributed by atoms with Gasteiger partial charge in [0.05, 0.1) is 6.04 Å². The van der Waals surface area contributed by atoms with Gasteiger partial charge in [0, 0.05) is 35.3 Å². The zero-order valence-corrected chi connectivity index (χ0v) is 21.2. The van der Waals surface area contributed by atoms with Crippen molar-refractivity contribution in [3.63, 3.8) is 0 Å². The maximum Gasteiger partial charge on any atom is 0.433 e. The molecule has 1 saturated carbocycles. The Morgan fingerprint density at radius 2 is 1.82 bits per heavy atom. The minimum absolute atomic E-state index is 0.0322. The Morgan fingerprint density at radius 1 is 1.08 bits per heavy atom. The summed E-state index contributed by atoms with van der Waals surface area (Å²) in [6, 6.07) is 5.36. The van der Waals surface area contributed by atoms with Crippen molar-refractivity contribution in [2.24, 2.45) is 0 Å². The van der Waals surface area contributed by atoms with E-state index in [1.54, 1.807) is 13.1 Å². The first-order valence-electron chi connectivity index (χ1n) is 12.2. The largest absolute Gasteiger partial charge is 0.433 e. The average molecular weight is 523 g/mol. The predicted octanol–water partition coefficient (Wildman–Crippen LogP) is 4.76. The van der Waals surface area contributed by atoms with Gasteiger partial charge in [0.1, 0.15) is 28.8 Å². The third kappa shape index (κ3) is 4.42. The van der Waals surface area contributed by atoms with Crippen molar-refractivity contribution in [3.8, 4) is 6.07 Å². The van der Waals surface area contributed by atoms with Crippen LogP contribution in [-0.4, -0.2) is 34.7 Å². The van der Waals surface area contributed by atoms with Gasteiger partial charge in [-0.25, -0.2) is 19.6 Å². The van der Waals surface area contributed by atoms with E-state index in [9.17, 15) is 23.2 Å². The summed E-state index contributed by atoms with van der Waals surface area (Å²) in [6.45, 7) is 7.92. The van der Waals surface area contributed by atoms with Crippen LogP contribution < -0.4 is 5.56 Å². The van der Waals surface area contributed by atoms with Crippen molar-refractivity contribution in [3.05, 3.63) is 75.2 Å². The lowest BCUT2D eigenvalue weighted by Gasteiger charge is -2.35. The van der Waals surface area contributed by atoms with E-state index in [2.05, 4.69) is 40.8 Å². The predicted molar refractivity (Wildman–Crippen MR) is 131 cm³/mol. The summed E-state index contributed by atoms with van der Waals surface area (Å²) in [4.78, 5) is 33.4. The van der Waals surface area contributed by atoms with Gasteiger partial charge in [0.25, 0.3) is 5.56 Å². The van der Waals surface area contributed by atoms with E-state index in [0.717, 1.165) is 30.8 Å². The second-order valence-electron chi connectivity index (χ2n) is 10.5. The van der Waals surface area contributed by atoms with Crippen LogP contribution in [0, 0.1) is 11.3 Å². The summed E-state index contributed by atoms with van der Waals surface area (Å²) in [5.74, 6) is 0.944. The smallest absolute Gasteiger partial charge is 0.310 e. The van der Waals surface area contributed by atoms with Gasteiger partial charge in [-0.3, -0.25) is 9.78 Å². The molecule has 9 nitrogen and oxygen atoms in total. The van der Waals surface area contributed by atoms with Gasteiger partial charge in [-0.05, 0) is 37.5 Å². The first kappa shape index (κ1) is 25.5. The molecule has 0 spiro atoms. The fourth-order valence-corrected chi connectivity index (χ4v) is 4.65. The molecule has 1 aliphatic carbocycles. The fraction of sp³-hybridized carbons (Fsp3) is 0.423. The lowest BCUT2D eigenvalue weighted by molar-refractivity contribution is -0.141.